The topological polar surface area (TPSA) is 49.0 Å². The summed E-state index contributed by atoms with van der Waals surface area (Å²) in [6, 6.07) is 41.0. The Morgan fingerprint density at radius 1 is 0.487 bits per heavy atom. The van der Waals surface area contributed by atoms with Gasteiger partial charge in [-0.05, 0) is 22.3 Å². The molecule has 39 heavy (non-hydrogen) atoms. The summed E-state index contributed by atoms with van der Waals surface area (Å²) < 4.78 is 25.9. The second-order valence-corrected chi connectivity index (χ2v) is 9.87. The van der Waals surface area contributed by atoms with E-state index in [0.29, 0.717) is 39.6 Å². The molecule has 202 valence electrons. The van der Waals surface area contributed by atoms with Gasteiger partial charge in [-0.3, -0.25) is 0 Å². The average molecular weight is 524 g/mol. The van der Waals surface area contributed by atoms with E-state index >= 15 is 0 Å². The van der Waals surface area contributed by atoms with E-state index in [0.717, 1.165) is 22.3 Å². The first-order valence-corrected chi connectivity index (χ1v) is 13.7. The zero-order valence-electron chi connectivity index (χ0n) is 22.2. The van der Waals surface area contributed by atoms with E-state index in [1.807, 2.05) is 72.8 Å². The van der Waals surface area contributed by atoms with Gasteiger partial charge in [0.05, 0.1) is 45.2 Å². The number of piperidine rings is 1. The summed E-state index contributed by atoms with van der Waals surface area (Å²) in [5.41, 5.74) is 4.53. The van der Waals surface area contributed by atoms with E-state index in [4.69, 9.17) is 18.9 Å². The highest BCUT2D eigenvalue weighted by molar-refractivity contribution is 5.16. The van der Waals surface area contributed by atoms with Crippen molar-refractivity contribution < 1.29 is 18.9 Å². The van der Waals surface area contributed by atoms with E-state index in [-0.39, 0.29) is 24.4 Å². The molecule has 5 rings (SSSR count). The molecule has 1 aliphatic rings. The van der Waals surface area contributed by atoms with Gasteiger partial charge in [0.1, 0.15) is 12.2 Å². The number of benzene rings is 4. The fraction of sp³-hybridized carbons (Fsp3) is 0.294. The third-order valence-electron chi connectivity index (χ3n) is 6.95. The van der Waals surface area contributed by atoms with Gasteiger partial charge in [-0.1, -0.05) is 121 Å². The molecule has 0 aliphatic carbocycles. The van der Waals surface area contributed by atoms with Gasteiger partial charge in [-0.2, -0.15) is 0 Å². The summed E-state index contributed by atoms with van der Waals surface area (Å²) in [5, 5.41) is 3.65. The molecule has 0 unspecified atom stereocenters. The summed E-state index contributed by atoms with van der Waals surface area (Å²) in [6.45, 7) is 3.19. The predicted molar refractivity (Wildman–Crippen MR) is 153 cm³/mol. The maximum atomic E-state index is 6.62. The van der Waals surface area contributed by atoms with E-state index < -0.39 is 0 Å². The SMILES string of the molecule is c1ccc(COC[C@@H]2NC[C@H](OCc3ccccc3)[C@@H](OCc3ccccc3)[C@H]2OCc2ccccc2)cc1. The third-order valence-corrected chi connectivity index (χ3v) is 6.95. The number of hydrogen-bond acceptors (Lipinski definition) is 5. The zero-order valence-corrected chi connectivity index (χ0v) is 22.2. The molecule has 5 nitrogen and oxygen atoms in total. The highest BCUT2D eigenvalue weighted by Crippen LogP contribution is 2.24. The zero-order chi connectivity index (χ0) is 26.5. The normalized spacial score (nSPS) is 21.0. The first-order chi connectivity index (χ1) is 19.3. The molecule has 0 saturated carbocycles. The van der Waals surface area contributed by atoms with Gasteiger partial charge in [0.15, 0.2) is 0 Å². The smallest absolute Gasteiger partial charge is 0.113 e. The molecule has 4 aromatic carbocycles. The molecule has 1 saturated heterocycles. The summed E-state index contributed by atoms with van der Waals surface area (Å²) in [6.07, 6.45) is -0.719. The fourth-order valence-corrected chi connectivity index (χ4v) is 4.85. The van der Waals surface area contributed by atoms with Crippen molar-refractivity contribution in [1.82, 2.24) is 5.32 Å². The summed E-state index contributed by atoms with van der Waals surface area (Å²) in [7, 11) is 0. The molecule has 1 N–H and O–H groups in total. The van der Waals surface area contributed by atoms with Crippen LogP contribution in [0.25, 0.3) is 0 Å². The third kappa shape index (κ3) is 8.33. The van der Waals surface area contributed by atoms with Crippen LogP contribution in [0.2, 0.25) is 0 Å². The van der Waals surface area contributed by atoms with E-state index in [1.54, 1.807) is 0 Å². The van der Waals surface area contributed by atoms with Crippen LogP contribution in [0.1, 0.15) is 22.3 Å². The van der Waals surface area contributed by atoms with Crippen LogP contribution in [0.5, 0.6) is 0 Å². The number of rotatable bonds is 13. The molecule has 5 heteroatoms. The first-order valence-electron chi connectivity index (χ1n) is 13.7. The second kappa shape index (κ2) is 14.7. The van der Waals surface area contributed by atoms with Crippen LogP contribution in [-0.4, -0.2) is 37.5 Å². The molecular formula is C34H37NO4. The van der Waals surface area contributed by atoms with Gasteiger partial charge in [0, 0.05) is 6.54 Å². The number of ether oxygens (including phenoxy) is 4. The summed E-state index contributed by atoms with van der Waals surface area (Å²) >= 11 is 0. The standard InChI is InChI=1S/C34H37NO4/c1-5-13-27(14-6-1)22-36-26-31-33(38-24-29-17-9-3-10-18-29)34(39-25-30-19-11-4-12-20-30)32(21-35-31)37-23-28-15-7-2-8-16-28/h1-20,31-35H,21-26H2/t31-,32-,33-,34+/m0/s1. The van der Waals surface area contributed by atoms with Crippen molar-refractivity contribution in [2.75, 3.05) is 13.2 Å². The lowest BCUT2D eigenvalue weighted by molar-refractivity contribution is -0.181. The average Bonchev–Trinajstić information content (AvgIpc) is 3.00. The van der Waals surface area contributed by atoms with Gasteiger partial charge < -0.3 is 24.3 Å². The Morgan fingerprint density at radius 3 is 1.38 bits per heavy atom. The Labute approximate surface area is 231 Å². The molecule has 0 spiro atoms. The van der Waals surface area contributed by atoms with Crippen LogP contribution in [-0.2, 0) is 45.4 Å². The Morgan fingerprint density at radius 2 is 0.897 bits per heavy atom. The monoisotopic (exact) mass is 523 g/mol. The quantitative estimate of drug-likeness (QED) is 0.235. The van der Waals surface area contributed by atoms with E-state index in [2.05, 4.69) is 53.8 Å². The summed E-state index contributed by atoms with van der Waals surface area (Å²) in [4.78, 5) is 0. The summed E-state index contributed by atoms with van der Waals surface area (Å²) in [5.74, 6) is 0. The van der Waals surface area contributed by atoms with Gasteiger partial charge in [-0.25, -0.2) is 0 Å². The fourth-order valence-electron chi connectivity index (χ4n) is 4.85. The van der Waals surface area contributed by atoms with E-state index in [1.165, 1.54) is 0 Å². The van der Waals surface area contributed by atoms with Crippen molar-refractivity contribution in [2.45, 2.75) is 50.8 Å². The van der Waals surface area contributed by atoms with Crippen LogP contribution < -0.4 is 5.32 Å². The molecule has 0 amide bonds. The largest absolute Gasteiger partial charge is 0.375 e. The van der Waals surface area contributed by atoms with Gasteiger partial charge in [-0.15, -0.1) is 0 Å². The predicted octanol–water partition coefficient (Wildman–Crippen LogP) is 5.93. The second-order valence-electron chi connectivity index (χ2n) is 9.87. The Kier molecular flexibility index (Phi) is 10.3. The van der Waals surface area contributed by atoms with Crippen molar-refractivity contribution >= 4 is 0 Å². The molecule has 0 radical (unpaired) electrons. The molecule has 0 bridgehead atoms. The van der Waals surface area contributed by atoms with Gasteiger partial charge in [0.25, 0.3) is 0 Å². The minimum atomic E-state index is -0.274. The highest BCUT2D eigenvalue weighted by Gasteiger charge is 2.42. The van der Waals surface area contributed by atoms with Gasteiger partial charge >= 0.3 is 0 Å². The van der Waals surface area contributed by atoms with Gasteiger partial charge in [0.2, 0.25) is 0 Å². The minimum Gasteiger partial charge on any atom is -0.375 e. The molecule has 1 fully saturated rings. The molecule has 4 aromatic rings. The van der Waals surface area contributed by atoms with E-state index in [9.17, 15) is 0 Å². The van der Waals surface area contributed by atoms with Crippen LogP contribution in [0.4, 0.5) is 0 Å². The van der Waals surface area contributed by atoms with Crippen LogP contribution >= 0.6 is 0 Å². The lowest BCUT2D eigenvalue weighted by Gasteiger charge is -2.43. The highest BCUT2D eigenvalue weighted by atomic mass is 16.6. The lowest BCUT2D eigenvalue weighted by Crippen LogP contribution is -2.63. The molecule has 4 atom stereocenters. The van der Waals surface area contributed by atoms with Crippen molar-refractivity contribution in [3.05, 3.63) is 144 Å². The lowest BCUT2D eigenvalue weighted by atomic mass is 9.95. The molecule has 1 aliphatic heterocycles. The van der Waals surface area contributed by atoms with Crippen LogP contribution in [0.15, 0.2) is 121 Å². The minimum absolute atomic E-state index is 0.0465. The number of nitrogens with one attached hydrogen (secondary N) is 1. The van der Waals surface area contributed by atoms with Crippen molar-refractivity contribution in [3.63, 3.8) is 0 Å². The molecule has 1 heterocycles. The molecular weight excluding hydrogens is 486 g/mol. The Bertz CT molecular complexity index is 1210. The number of hydrogen-bond donors (Lipinski definition) is 1. The first kappa shape index (κ1) is 27.3. The van der Waals surface area contributed by atoms with Crippen molar-refractivity contribution in [3.8, 4) is 0 Å². The Balaban J connectivity index is 1.32. The Hall–Kier alpha value is -3.32. The van der Waals surface area contributed by atoms with Crippen LogP contribution in [0, 0.1) is 0 Å². The maximum Gasteiger partial charge on any atom is 0.113 e. The van der Waals surface area contributed by atoms with Crippen molar-refractivity contribution in [1.29, 1.82) is 0 Å². The molecule has 0 aromatic heterocycles. The van der Waals surface area contributed by atoms with Crippen molar-refractivity contribution in [2.24, 2.45) is 0 Å². The maximum absolute atomic E-state index is 6.62. The van der Waals surface area contributed by atoms with Crippen LogP contribution in [0.3, 0.4) is 0 Å².